The van der Waals surface area contributed by atoms with Crippen LogP contribution in [0.1, 0.15) is 20.8 Å². The number of hydrogen-bond acceptors (Lipinski definition) is 2. The Kier molecular flexibility index (Phi) is 3.67. The first-order valence-corrected chi connectivity index (χ1v) is 7.02. The van der Waals surface area contributed by atoms with Crippen molar-refractivity contribution in [2.45, 2.75) is 26.3 Å². The summed E-state index contributed by atoms with van der Waals surface area (Å²) in [5, 5.41) is 7.79. The smallest absolute Gasteiger partial charge is 0.195 e. The average Bonchev–Trinajstić information content (AvgIpc) is 2.64. The predicted molar refractivity (Wildman–Crippen MR) is 80.6 cm³/mol. The van der Waals surface area contributed by atoms with Crippen LogP contribution in [0, 0.1) is 4.77 Å². The summed E-state index contributed by atoms with van der Waals surface area (Å²) in [4.78, 5) is 0. The van der Waals surface area contributed by atoms with Crippen LogP contribution >= 0.6 is 39.7 Å². The number of benzene rings is 1. The minimum Gasteiger partial charge on any atom is -0.295 e. The van der Waals surface area contributed by atoms with Crippen molar-refractivity contribution in [1.29, 1.82) is 0 Å². The first-order valence-electron chi connectivity index (χ1n) is 5.44. The van der Waals surface area contributed by atoms with Gasteiger partial charge >= 0.3 is 0 Å². The lowest BCUT2D eigenvalue weighted by molar-refractivity contribution is 0.395. The lowest BCUT2D eigenvalue weighted by Crippen LogP contribution is -2.22. The Morgan fingerprint density at radius 3 is 2.61 bits per heavy atom. The largest absolute Gasteiger partial charge is 0.295 e. The molecule has 0 amide bonds. The van der Waals surface area contributed by atoms with Gasteiger partial charge in [-0.05, 0) is 67.1 Å². The Labute approximate surface area is 124 Å². The van der Waals surface area contributed by atoms with Gasteiger partial charge in [0.15, 0.2) is 10.6 Å². The van der Waals surface area contributed by atoms with Crippen molar-refractivity contribution >= 4 is 39.7 Å². The SMILES string of the molecule is CC(C)(C)n1c(-c2ccc(Br)c(Cl)c2)n[nH]c1=S. The van der Waals surface area contributed by atoms with Crippen LogP contribution in [-0.4, -0.2) is 14.8 Å². The number of nitrogens with zero attached hydrogens (tertiary/aromatic N) is 2. The molecule has 3 nitrogen and oxygen atoms in total. The van der Waals surface area contributed by atoms with E-state index < -0.39 is 0 Å². The molecule has 0 radical (unpaired) electrons. The summed E-state index contributed by atoms with van der Waals surface area (Å²) in [5.74, 6) is 0.793. The Morgan fingerprint density at radius 2 is 2.06 bits per heavy atom. The highest BCUT2D eigenvalue weighted by atomic mass is 79.9. The van der Waals surface area contributed by atoms with Crippen LogP contribution in [0.3, 0.4) is 0 Å². The van der Waals surface area contributed by atoms with Gasteiger partial charge in [-0.15, -0.1) is 0 Å². The van der Waals surface area contributed by atoms with E-state index in [4.69, 9.17) is 23.8 Å². The molecule has 96 valence electrons. The van der Waals surface area contributed by atoms with Gasteiger partial charge in [0.1, 0.15) is 0 Å². The Balaban J connectivity index is 2.65. The van der Waals surface area contributed by atoms with Crippen molar-refractivity contribution in [2.75, 3.05) is 0 Å². The summed E-state index contributed by atoms with van der Waals surface area (Å²) in [7, 11) is 0. The second-order valence-corrected chi connectivity index (χ2v) is 6.64. The second-order valence-electron chi connectivity index (χ2n) is 4.99. The van der Waals surface area contributed by atoms with Gasteiger partial charge < -0.3 is 0 Å². The van der Waals surface area contributed by atoms with Crippen LogP contribution in [0.5, 0.6) is 0 Å². The van der Waals surface area contributed by atoms with E-state index >= 15 is 0 Å². The van der Waals surface area contributed by atoms with E-state index in [2.05, 4.69) is 46.9 Å². The lowest BCUT2D eigenvalue weighted by Gasteiger charge is -2.22. The first kappa shape index (κ1) is 13.8. The normalized spacial score (nSPS) is 11.8. The minimum atomic E-state index is -0.140. The maximum Gasteiger partial charge on any atom is 0.195 e. The minimum absolute atomic E-state index is 0.140. The maximum absolute atomic E-state index is 6.12. The van der Waals surface area contributed by atoms with E-state index in [1.807, 2.05) is 22.8 Å². The van der Waals surface area contributed by atoms with Gasteiger partial charge in [-0.3, -0.25) is 9.67 Å². The lowest BCUT2D eigenvalue weighted by atomic mass is 10.1. The highest BCUT2D eigenvalue weighted by Gasteiger charge is 2.20. The number of halogens is 2. The predicted octanol–water partition coefficient (Wildman–Crippen LogP) is 4.78. The second kappa shape index (κ2) is 4.79. The molecule has 0 aliphatic carbocycles. The number of aromatic amines is 1. The molecule has 0 aliphatic heterocycles. The fourth-order valence-electron chi connectivity index (χ4n) is 1.75. The van der Waals surface area contributed by atoms with E-state index in [1.165, 1.54) is 0 Å². The summed E-state index contributed by atoms with van der Waals surface area (Å²) in [6.07, 6.45) is 0. The van der Waals surface area contributed by atoms with Crippen LogP contribution in [0.15, 0.2) is 22.7 Å². The summed E-state index contributed by atoms with van der Waals surface area (Å²) in [6, 6.07) is 5.74. The molecule has 0 atom stereocenters. The molecule has 18 heavy (non-hydrogen) atoms. The fraction of sp³-hybridized carbons (Fsp3) is 0.333. The van der Waals surface area contributed by atoms with Gasteiger partial charge in [0.05, 0.1) is 5.02 Å². The molecule has 1 aromatic carbocycles. The molecule has 1 heterocycles. The molecule has 1 N–H and O–H groups in total. The fourth-order valence-corrected chi connectivity index (χ4v) is 2.58. The van der Waals surface area contributed by atoms with E-state index in [0.717, 1.165) is 15.9 Å². The van der Waals surface area contributed by atoms with Crippen molar-refractivity contribution in [3.8, 4) is 11.4 Å². The van der Waals surface area contributed by atoms with Crippen molar-refractivity contribution < 1.29 is 0 Å². The van der Waals surface area contributed by atoms with Crippen LogP contribution in [-0.2, 0) is 5.54 Å². The van der Waals surface area contributed by atoms with E-state index in [0.29, 0.717) is 9.79 Å². The summed E-state index contributed by atoms with van der Waals surface area (Å²) in [6.45, 7) is 6.26. The molecule has 0 spiro atoms. The highest BCUT2D eigenvalue weighted by molar-refractivity contribution is 9.10. The van der Waals surface area contributed by atoms with Crippen molar-refractivity contribution in [3.05, 3.63) is 32.5 Å². The van der Waals surface area contributed by atoms with E-state index in [1.54, 1.807) is 0 Å². The standard InChI is InChI=1S/C12H13BrClN3S/c1-12(2,3)17-10(15-16-11(17)18)7-4-5-8(13)9(14)6-7/h4-6H,1-3H3,(H,16,18). The zero-order chi connectivity index (χ0) is 13.5. The van der Waals surface area contributed by atoms with Gasteiger partial charge in [-0.2, -0.15) is 5.10 Å². The highest BCUT2D eigenvalue weighted by Crippen LogP contribution is 2.30. The molecule has 0 aliphatic rings. The van der Waals surface area contributed by atoms with E-state index in [9.17, 15) is 0 Å². The molecule has 2 aromatic rings. The van der Waals surface area contributed by atoms with Crippen LogP contribution in [0.4, 0.5) is 0 Å². The van der Waals surface area contributed by atoms with Crippen molar-refractivity contribution in [2.24, 2.45) is 0 Å². The average molecular weight is 347 g/mol. The molecule has 0 unspecified atom stereocenters. The molecule has 0 saturated carbocycles. The van der Waals surface area contributed by atoms with Crippen LogP contribution in [0.2, 0.25) is 5.02 Å². The molecule has 0 bridgehead atoms. The maximum atomic E-state index is 6.12. The number of hydrogen-bond donors (Lipinski definition) is 1. The third-order valence-corrected chi connectivity index (χ3v) is 4.03. The third-order valence-electron chi connectivity index (χ3n) is 2.52. The summed E-state index contributed by atoms with van der Waals surface area (Å²) >= 11 is 14.8. The monoisotopic (exact) mass is 345 g/mol. The Bertz CT molecular complexity index is 640. The quantitative estimate of drug-likeness (QED) is 0.754. The molecule has 6 heteroatoms. The first-order chi connectivity index (χ1) is 8.30. The van der Waals surface area contributed by atoms with Gasteiger partial charge in [0.25, 0.3) is 0 Å². The van der Waals surface area contributed by atoms with E-state index in [-0.39, 0.29) is 5.54 Å². The third kappa shape index (κ3) is 2.53. The van der Waals surface area contributed by atoms with Crippen molar-refractivity contribution in [3.63, 3.8) is 0 Å². The Hall–Kier alpha value is -0.650. The Morgan fingerprint density at radius 1 is 1.39 bits per heavy atom. The topological polar surface area (TPSA) is 33.6 Å². The molecule has 1 aromatic heterocycles. The molecular weight excluding hydrogens is 334 g/mol. The van der Waals surface area contributed by atoms with Gasteiger partial charge in [-0.25, -0.2) is 0 Å². The van der Waals surface area contributed by atoms with Crippen LogP contribution in [0.25, 0.3) is 11.4 Å². The molecule has 2 rings (SSSR count). The number of rotatable bonds is 1. The van der Waals surface area contributed by atoms with Gasteiger partial charge in [-0.1, -0.05) is 11.6 Å². The number of H-pyrrole nitrogens is 1. The number of aromatic nitrogens is 3. The van der Waals surface area contributed by atoms with Crippen molar-refractivity contribution in [1.82, 2.24) is 14.8 Å². The van der Waals surface area contributed by atoms with Gasteiger partial charge in [0.2, 0.25) is 0 Å². The summed E-state index contributed by atoms with van der Waals surface area (Å²) in [5.41, 5.74) is 0.796. The number of nitrogens with one attached hydrogen (secondary N) is 1. The zero-order valence-electron chi connectivity index (χ0n) is 10.3. The van der Waals surface area contributed by atoms with Gasteiger partial charge in [0, 0.05) is 15.6 Å². The zero-order valence-corrected chi connectivity index (χ0v) is 13.4. The van der Waals surface area contributed by atoms with Crippen LogP contribution < -0.4 is 0 Å². The molecule has 0 saturated heterocycles. The molecular formula is C12H13BrClN3S. The molecule has 0 fully saturated rings. The summed E-state index contributed by atoms with van der Waals surface area (Å²) < 4.78 is 3.46.